The highest BCUT2D eigenvalue weighted by molar-refractivity contribution is 7.99. The summed E-state index contributed by atoms with van der Waals surface area (Å²) in [6.45, 7) is 0.746. The number of hydrogen-bond donors (Lipinski definition) is 1. The van der Waals surface area contributed by atoms with Gasteiger partial charge in [-0.1, -0.05) is 23.7 Å². The zero-order chi connectivity index (χ0) is 25.5. The Labute approximate surface area is 220 Å². The summed E-state index contributed by atoms with van der Waals surface area (Å²) >= 11 is 8.11. The highest BCUT2D eigenvalue weighted by atomic mass is 35.5. The van der Waals surface area contributed by atoms with Crippen LogP contribution < -0.4 is 5.32 Å². The van der Waals surface area contributed by atoms with Crippen LogP contribution in [-0.2, 0) is 19.4 Å². The molecule has 3 saturated heterocycles. The molecule has 1 unspecified atom stereocenters. The Bertz CT molecular complexity index is 1180. The maximum absolute atomic E-state index is 13.7. The zero-order valence-corrected chi connectivity index (χ0v) is 22.2. The molecule has 1 N–H and O–H groups in total. The molecule has 1 saturated carbocycles. The second-order valence-electron chi connectivity index (χ2n) is 9.89. The minimum atomic E-state index is -3.89. The Kier molecular flexibility index (Phi) is 7.15. The van der Waals surface area contributed by atoms with Crippen molar-refractivity contribution in [2.45, 2.75) is 72.5 Å². The van der Waals surface area contributed by atoms with E-state index in [0.29, 0.717) is 25.3 Å². The number of amides is 2. The molecule has 194 valence electrons. The van der Waals surface area contributed by atoms with Crippen LogP contribution in [0.15, 0.2) is 29.2 Å². The number of alkyl carbamates (subject to hydrolysis) is 1. The van der Waals surface area contributed by atoms with E-state index in [9.17, 15) is 23.3 Å². The number of carbonyl (C=O) groups excluding carboxylic acids is 2. The minimum Gasteiger partial charge on any atom is -0.425 e. The normalized spacial score (nSPS) is 28.1. The summed E-state index contributed by atoms with van der Waals surface area (Å²) in [7, 11) is -3.89. The van der Waals surface area contributed by atoms with Crippen molar-refractivity contribution in [2.24, 2.45) is 0 Å². The fraction of sp³-hybridized carbons (Fsp3) is 0.625. The topological polar surface area (TPSA) is 120 Å². The van der Waals surface area contributed by atoms with E-state index in [2.05, 4.69) is 16.3 Å². The smallest absolute Gasteiger partial charge is 0.410 e. The third kappa shape index (κ3) is 4.93. The average Bonchev–Trinajstić information content (AvgIpc) is 3.47. The van der Waals surface area contributed by atoms with Crippen molar-refractivity contribution >= 4 is 45.2 Å². The zero-order valence-electron chi connectivity index (χ0n) is 19.8. The Morgan fingerprint density at radius 2 is 1.92 bits per heavy atom. The van der Waals surface area contributed by atoms with Gasteiger partial charge in [-0.25, -0.2) is 13.2 Å². The molecule has 3 aliphatic heterocycles. The van der Waals surface area contributed by atoms with Crippen molar-refractivity contribution in [3.63, 3.8) is 0 Å². The van der Waals surface area contributed by atoms with E-state index < -0.39 is 32.9 Å². The fourth-order valence-corrected chi connectivity index (χ4v) is 8.53. The van der Waals surface area contributed by atoms with E-state index in [1.54, 1.807) is 12.1 Å². The lowest BCUT2D eigenvalue weighted by Crippen LogP contribution is -2.61. The number of nitrogens with one attached hydrogen (secondary N) is 1. The molecule has 0 spiro atoms. The van der Waals surface area contributed by atoms with E-state index in [4.69, 9.17) is 16.3 Å². The van der Waals surface area contributed by atoms with Crippen molar-refractivity contribution < 1.29 is 22.7 Å². The monoisotopic (exact) mass is 552 g/mol. The number of rotatable bonds is 6. The summed E-state index contributed by atoms with van der Waals surface area (Å²) in [4.78, 5) is 29.9. The van der Waals surface area contributed by atoms with E-state index in [-0.39, 0.29) is 34.8 Å². The largest absolute Gasteiger partial charge is 0.425 e. The van der Waals surface area contributed by atoms with Crippen LogP contribution in [0.4, 0.5) is 4.79 Å². The number of likely N-dealkylation sites (tertiary alicyclic amines) is 2. The van der Waals surface area contributed by atoms with Crippen LogP contribution in [0.3, 0.4) is 0 Å². The number of benzene rings is 1. The molecule has 0 bridgehead atoms. The van der Waals surface area contributed by atoms with Crippen molar-refractivity contribution in [1.82, 2.24) is 15.1 Å². The van der Waals surface area contributed by atoms with Gasteiger partial charge in [0.15, 0.2) is 16.1 Å². The van der Waals surface area contributed by atoms with Gasteiger partial charge in [-0.15, -0.1) is 0 Å². The van der Waals surface area contributed by atoms with E-state index in [1.807, 2.05) is 11.8 Å². The van der Waals surface area contributed by atoms with Gasteiger partial charge < -0.3 is 15.0 Å². The molecule has 4 aliphatic rings. The maximum atomic E-state index is 13.7. The van der Waals surface area contributed by atoms with Crippen LogP contribution in [0.25, 0.3) is 0 Å². The second kappa shape index (κ2) is 10.0. The number of sulfone groups is 1. The number of ether oxygens (including phenoxy) is 1. The predicted molar refractivity (Wildman–Crippen MR) is 135 cm³/mol. The first-order valence-electron chi connectivity index (χ1n) is 12.3. The van der Waals surface area contributed by atoms with E-state index in [0.717, 1.165) is 30.9 Å². The lowest BCUT2D eigenvalue weighted by Gasteiger charge is -2.47. The van der Waals surface area contributed by atoms with Crippen LogP contribution >= 0.6 is 23.4 Å². The van der Waals surface area contributed by atoms with Gasteiger partial charge in [-0.05, 0) is 55.7 Å². The van der Waals surface area contributed by atoms with Crippen LogP contribution in [0.1, 0.15) is 38.5 Å². The van der Waals surface area contributed by atoms with Gasteiger partial charge in [0, 0.05) is 25.6 Å². The Hall–Kier alpha value is -2.00. The summed E-state index contributed by atoms with van der Waals surface area (Å²) in [6.07, 6.45) is 1.89. The SMILES string of the molecule is N#CC1(NC(=O)O[C@H]2C[C@@H](S(=O)(=O)c3ccccc3Cl)CN2C(=O)C2CCN2C2CCSCC2)CC1. The number of carbonyl (C=O) groups is 2. The molecule has 9 nitrogen and oxygen atoms in total. The number of thioether (sulfide) groups is 1. The molecular weight excluding hydrogens is 524 g/mol. The minimum absolute atomic E-state index is 0.000516. The Morgan fingerprint density at radius 3 is 2.53 bits per heavy atom. The summed E-state index contributed by atoms with van der Waals surface area (Å²) < 4.78 is 32.5. The molecule has 12 heteroatoms. The van der Waals surface area contributed by atoms with Gasteiger partial charge in [0.05, 0.1) is 27.3 Å². The molecular formula is C24H29ClN4O5S2. The third-order valence-electron chi connectivity index (χ3n) is 7.63. The first kappa shape index (κ1) is 25.6. The van der Waals surface area contributed by atoms with Crippen molar-refractivity contribution in [3.05, 3.63) is 29.3 Å². The third-order valence-corrected chi connectivity index (χ3v) is 11.3. The summed E-state index contributed by atoms with van der Waals surface area (Å²) in [5, 5.41) is 11.0. The first-order valence-corrected chi connectivity index (χ1v) is 15.3. The lowest BCUT2D eigenvalue weighted by atomic mass is 9.95. The Morgan fingerprint density at radius 1 is 1.19 bits per heavy atom. The molecule has 3 atom stereocenters. The van der Waals surface area contributed by atoms with Gasteiger partial charge in [0.25, 0.3) is 0 Å². The molecule has 1 aliphatic carbocycles. The second-order valence-corrected chi connectivity index (χ2v) is 13.7. The number of halogens is 1. The molecule has 1 aromatic carbocycles. The summed E-state index contributed by atoms with van der Waals surface area (Å²) in [5.41, 5.74) is -0.933. The Balaban J connectivity index is 1.36. The first-order chi connectivity index (χ1) is 17.2. The van der Waals surface area contributed by atoms with Gasteiger partial charge in [-0.3, -0.25) is 9.69 Å². The van der Waals surface area contributed by atoms with Crippen LogP contribution in [-0.4, -0.2) is 83.9 Å². The van der Waals surface area contributed by atoms with Gasteiger partial charge in [0.2, 0.25) is 5.91 Å². The molecule has 5 rings (SSSR count). The highest BCUT2D eigenvalue weighted by Gasteiger charge is 2.50. The molecule has 1 aromatic rings. The lowest BCUT2D eigenvalue weighted by molar-refractivity contribution is -0.150. The van der Waals surface area contributed by atoms with Crippen LogP contribution in [0.5, 0.6) is 0 Å². The van der Waals surface area contributed by atoms with Crippen LogP contribution in [0.2, 0.25) is 5.02 Å². The number of nitriles is 1. The van der Waals surface area contributed by atoms with Crippen molar-refractivity contribution in [1.29, 1.82) is 5.26 Å². The molecule has 3 heterocycles. The van der Waals surface area contributed by atoms with Gasteiger partial charge in [0.1, 0.15) is 5.54 Å². The van der Waals surface area contributed by atoms with E-state index in [1.165, 1.54) is 17.0 Å². The standard InChI is InChI=1S/C24H29ClN4O5S2/c25-18-3-1-2-4-20(18)36(32,33)17-13-21(34-23(31)27-24(15-26)8-9-24)29(14-17)22(30)19-5-10-28(19)16-6-11-35-12-7-16/h1-4,16-17,19,21H,5-14H2,(H,27,31)/t17-,19?,21+/m1/s1. The molecule has 0 aromatic heterocycles. The van der Waals surface area contributed by atoms with E-state index >= 15 is 0 Å². The van der Waals surface area contributed by atoms with Gasteiger partial charge >= 0.3 is 6.09 Å². The van der Waals surface area contributed by atoms with Crippen molar-refractivity contribution in [2.75, 3.05) is 24.6 Å². The molecule has 2 amide bonds. The fourth-order valence-electron chi connectivity index (χ4n) is 5.24. The van der Waals surface area contributed by atoms with Crippen LogP contribution in [0, 0.1) is 11.3 Å². The van der Waals surface area contributed by atoms with Crippen molar-refractivity contribution in [3.8, 4) is 6.07 Å². The molecule has 36 heavy (non-hydrogen) atoms. The maximum Gasteiger partial charge on any atom is 0.410 e. The number of hydrogen-bond acceptors (Lipinski definition) is 8. The summed E-state index contributed by atoms with van der Waals surface area (Å²) in [6, 6.07) is 8.28. The highest BCUT2D eigenvalue weighted by Crippen LogP contribution is 2.37. The van der Waals surface area contributed by atoms with Gasteiger partial charge in [-0.2, -0.15) is 17.0 Å². The predicted octanol–water partition coefficient (Wildman–Crippen LogP) is 2.79. The average molecular weight is 553 g/mol. The molecule has 4 fully saturated rings. The molecule has 0 radical (unpaired) electrons. The number of nitrogens with zero attached hydrogens (tertiary/aromatic N) is 3. The summed E-state index contributed by atoms with van der Waals surface area (Å²) in [5.74, 6) is 1.92. The quantitative estimate of drug-likeness (QED) is 0.572.